The Kier molecular flexibility index (Phi) is 5.43. The zero-order valence-electron chi connectivity index (χ0n) is 18.1. The molecule has 3 aromatic rings. The molecule has 0 aliphatic carbocycles. The predicted molar refractivity (Wildman–Crippen MR) is 121 cm³/mol. The Hall–Kier alpha value is -3.54. The third-order valence-electron chi connectivity index (χ3n) is 5.71. The molecule has 0 unspecified atom stereocenters. The van der Waals surface area contributed by atoms with Crippen LogP contribution in [0.3, 0.4) is 0 Å². The van der Waals surface area contributed by atoms with Crippen molar-refractivity contribution in [1.82, 2.24) is 5.01 Å². The first-order chi connectivity index (χ1) is 15.7. The molecule has 0 radical (unpaired) electrons. The van der Waals surface area contributed by atoms with Gasteiger partial charge in [-0.3, -0.25) is 0 Å². The van der Waals surface area contributed by atoms with E-state index in [2.05, 4.69) is 0 Å². The van der Waals surface area contributed by atoms with Crippen LogP contribution in [0.4, 0.5) is 4.39 Å². The van der Waals surface area contributed by atoms with Gasteiger partial charge in [0, 0.05) is 17.5 Å². The van der Waals surface area contributed by atoms with Gasteiger partial charge >= 0.3 is 0 Å². The number of hydrogen-bond acceptors (Lipinski definition) is 5. The molecule has 5 nitrogen and oxygen atoms in total. The zero-order valence-corrected chi connectivity index (χ0v) is 18.1. The number of nitrogens with zero attached hydrogens (tertiary/aromatic N) is 2. The molecule has 0 aromatic heterocycles. The van der Waals surface area contributed by atoms with Gasteiger partial charge in [-0.1, -0.05) is 24.3 Å². The lowest BCUT2D eigenvalue weighted by Crippen LogP contribution is -2.34. The van der Waals surface area contributed by atoms with Crippen molar-refractivity contribution in [3.05, 3.63) is 89.2 Å². The Morgan fingerprint density at radius 2 is 1.78 bits per heavy atom. The molecule has 0 amide bonds. The van der Waals surface area contributed by atoms with Gasteiger partial charge in [0.2, 0.25) is 6.23 Å². The van der Waals surface area contributed by atoms with E-state index in [1.165, 1.54) is 12.1 Å². The van der Waals surface area contributed by atoms with Crippen molar-refractivity contribution < 1.29 is 18.6 Å². The van der Waals surface area contributed by atoms with Crippen LogP contribution in [0.2, 0.25) is 0 Å². The van der Waals surface area contributed by atoms with Gasteiger partial charge in [0.25, 0.3) is 0 Å². The average Bonchev–Trinajstić information content (AvgIpc) is 3.25. The van der Waals surface area contributed by atoms with E-state index in [0.29, 0.717) is 36.7 Å². The fraction of sp³-hybridized carbons (Fsp3) is 0.269. The van der Waals surface area contributed by atoms with Crippen molar-refractivity contribution in [1.29, 1.82) is 0 Å². The predicted octanol–water partition coefficient (Wildman–Crippen LogP) is 5.87. The minimum Gasteiger partial charge on any atom is -0.494 e. The molecule has 0 spiro atoms. The molecule has 6 heteroatoms. The highest BCUT2D eigenvalue weighted by molar-refractivity contribution is 6.02. The number of fused-ring (bicyclic) bond motifs is 3. The van der Waals surface area contributed by atoms with E-state index in [0.717, 1.165) is 22.6 Å². The van der Waals surface area contributed by atoms with E-state index in [1.807, 2.05) is 67.4 Å². The summed E-state index contributed by atoms with van der Waals surface area (Å²) in [5, 5.41) is 6.88. The van der Waals surface area contributed by atoms with Crippen LogP contribution in [0.15, 0.2) is 71.8 Å². The van der Waals surface area contributed by atoms with Gasteiger partial charge in [-0.15, -0.1) is 0 Å². The van der Waals surface area contributed by atoms with Crippen molar-refractivity contribution in [2.45, 2.75) is 32.5 Å². The van der Waals surface area contributed by atoms with Crippen molar-refractivity contribution in [2.75, 3.05) is 13.2 Å². The minimum absolute atomic E-state index is 0.0333. The monoisotopic (exact) mass is 432 g/mol. The van der Waals surface area contributed by atoms with Gasteiger partial charge in [0.15, 0.2) is 11.5 Å². The molecule has 2 aliphatic heterocycles. The summed E-state index contributed by atoms with van der Waals surface area (Å²) in [7, 11) is 0. The van der Waals surface area contributed by atoms with Gasteiger partial charge in [-0.05, 0) is 61.9 Å². The van der Waals surface area contributed by atoms with E-state index in [1.54, 1.807) is 6.07 Å². The standard InChI is InChI=1S/C26H25FN2O3/c1-3-30-20-13-11-17(12-14-20)22-16-23-21-9-6-10-24(31-4-2)25(21)32-26(29(23)28-22)18-7-5-8-19(27)15-18/h5-15,23,26H,3-4,16H2,1-2H3/t23-,26+/m0/s1. The maximum Gasteiger partial charge on any atom is 0.214 e. The van der Waals surface area contributed by atoms with Crippen LogP contribution in [-0.2, 0) is 0 Å². The number of benzene rings is 3. The summed E-state index contributed by atoms with van der Waals surface area (Å²) in [6.07, 6.45) is 0.163. The molecule has 0 bridgehead atoms. The molecule has 3 aromatic carbocycles. The summed E-state index contributed by atoms with van der Waals surface area (Å²) < 4.78 is 31.9. The fourth-order valence-electron chi connectivity index (χ4n) is 4.32. The Morgan fingerprint density at radius 3 is 2.53 bits per heavy atom. The largest absolute Gasteiger partial charge is 0.494 e. The Morgan fingerprint density at radius 1 is 1.00 bits per heavy atom. The number of ether oxygens (including phenoxy) is 3. The molecule has 0 N–H and O–H groups in total. The van der Waals surface area contributed by atoms with Crippen LogP contribution in [0.25, 0.3) is 0 Å². The molecule has 2 atom stereocenters. The van der Waals surface area contributed by atoms with Crippen molar-refractivity contribution in [3.8, 4) is 17.2 Å². The molecule has 5 rings (SSSR count). The molecule has 0 fully saturated rings. The van der Waals surface area contributed by atoms with Gasteiger partial charge < -0.3 is 14.2 Å². The molecule has 0 saturated carbocycles. The van der Waals surface area contributed by atoms with Crippen LogP contribution in [0.1, 0.15) is 49.2 Å². The fourth-order valence-corrected chi connectivity index (χ4v) is 4.32. The number of hydrogen-bond donors (Lipinski definition) is 0. The second-order valence-corrected chi connectivity index (χ2v) is 7.74. The SMILES string of the molecule is CCOc1ccc(C2=NN3[C@@H](c4cccc(F)c4)Oc4c(OCC)cccc4[C@@H]3C2)cc1. The first kappa shape index (κ1) is 20.4. The van der Waals surface area contributed by atoms with Gasteiger partial charge in [0.1, 0.15) is 11.6 Å². The lowest BCUT2D eigenvalue weighted by atomic mass is 9.95. The van der Waals surface area contributed by atoms with E-state index < -0.39 is 6.23 Å². The number of hydrazone groups is 1. The summed E-state index contributed by atoms with van der Waals surface area (Å²) in [6, 6.07) is 20.4. The quantitative estimate of drug-likeness (QED) is 0.489. The lowest BCUT2D eigenvalue weighted by molar-refractivity contribution is -0.0214. The normalized spacial score (nSPS) is 19.0. The highest BCUT2D eigenvalue weighted by Gasteiger charge is 2.42. The first-order valence-corrected chi connectivity index (χ1v) is 10.9. The van der Waals surface area contributed by atoms with Crippen LogP contribution < -0.4 is 14.2 Å². The Labute approximate surface area is 187 Å². The highest BCUT2D eigenvalue weighted by atomic mass is 19.1. The highest BCUT2D eigenvalue weighted by Crippen LogP contribution is 2.50. The van der Waals surface area contributed by atoms with E-state index in [4.69, 9.17) is 19.3 Å². The van der Waals surface area contributed by atoms with Crippen LogP contribution in [-0.4, -0.2) is 23.9 Å². The van der Waals surface area contributed by atoms with Crippen LogP contribution in [0.5, 0.6) is 17.2 Å². The molecular weight excluding hydrogens is 407 g/mol. The molecule has 2 heterocycles. The van der Waals surface area contributed by atoms with E-state index in [9.17, 15) is 4.39 Å². The molecule has 0 saturated heterocycles. The molecule has 32 heavy (non-hydrogen) atoms. The van der Waals surface area contributed by atoms with Crippen molar-refractivity contribution in [2.24, 2.45) is 5.10 Å². The van der Waals surface area contributed by atoms with Gasteiger partial charge in [-0.25, -0.2) is 9.40 Å². The smallest absolute Gasteiger partial charge is 0.214 e. The number of halogens is 1. The van der Waals surface area contributed by atoms with Crippen LogP contribution >= 0.6 is 0 Å². The maximum atomic E-state index is 14.1. The number of rotatable bonds is 6. The molecular formula is C26H25FN2O3. The molecule has 164 valence electrons. The minimum atomic E-state index is -0.551. The summed E-state index contributed by atoms with van der Waals surface area (Å²) in [5.41, 5.74) is 3.72. The lowest BCUT2D eigenvalue weighted by Gasteiger charge is -2.38. The Bertz CT molecular complexity index is 1150. The van der Waals surface area contributed by atoms with Crippen molar-refractivity contribution >= 4 is 5.71 Å². The summed E-state index contributed by atoms with van der Waals surface area (Å²) in [4.78, 5) is 0. The summed E-state index contributed by atoms with van der Waals surface area (Å²) in [6.45, 7) is 5.07. The van der Waals surface area contributed by atoms with Gasteiger partial charge in [0.05, 0.1) is 25.0 Å². The third kappa shape index (κ3) is 3.66. The van der Waals surface area contributed by atoms with E-state index >= 15 is 0 Å². The summed E-state index contributed by atoms with van der Waals surface area (Å²) in [5.74, 6) is 1.93. The second-order valence-electron chi connectivity index (χ2n) is 7.74. The second kappa shape index (κ2) is 8.54. The van der Waals surface area contributed by atoms with E-state index in [-0.39, 0.29) is 11.9 Å². The first-order valence-electron chi connectivity index (χ1n) is 10.9. The van der Waals surface area contributed by atoms with Gasteiger partial charge in [-0.2, -0.15) is 5.10 Å². The van der Waals surface area contributed by atoms with Crippen LogP contribution in [0, 0.1) is 5.82 Å². The molecule has 2 aliphatic rings. The Balaban J connectivity index is 1.56. The maximum absolute atomic E-state index is 14.1. The number of para-hydroxylation sites is 1. The summed E-state index contributed by atoms with van der Waals surface area (Å²) >= 11 is 0. The average molecular weight is 432 g/mol. The topological polar surface area (TPSA) is 43.3 Å². The van der Waals surface area contributed by atoms with Crippen molar-refractivity contribution in [3.63, 3.8) is 0 Å². The zero-order chi connectivity index (χ0) is 22.1. The third-order valence-corrected chi connectivity index (χ3v) is 5.71.